The minimum Gasteiger partial charge on any atom is -0.492 e. The standard InChI is InChI=1S/C13H20N2O/c1-3-16-12-6-4-5-11(13(12)14)15-9(2)10-7-8-10/h4-6,9-10,15H,3,7-8,14H2,1-2H3. The maximum Gasteiger partial charge on any atom is 0.144 e. The lowest BCUT2D eigenvalue weighted by Crippen LogP contribution is -2.18. The molecule has 1 fully saturated rings. The number of nitrogens with two attached hydrogens (primary N) is 1. The maximum atomic E-state index is 6.05. The number of nitrogens with one attached hydrogen (secondary N) is 1. The van der Waals surface area contributed by atoms with Crippen LogP contribution in [0.25, 0.3) is 0 Å². The Kier molecular flexibility index (Phi) is 3.22. The number of benzene rings is 1. The van der Waals surface area contributed by atoms with Crippen LogP contribution < -0.4 is 15.8 Å². The molecule has 88 valence electrons. The minimum atomic E-state index is 0.499. The third-order valence-electron chi connectivity index (χ3n) is 3.08. The van der Waals surface area contributed by atoms with Crippen LogP contribution in [0.1, 0.15) is 26.7 Å². The van der Waals surface area contributed by atoms with Crippen molar-refractivity contribution in [2.75, 3.05) is 17.7 Å². The molecule has 0 radical (unpaired) electrons. The lowest BCUT2D eigenvalue weighted by molar-refractivity contribution is 0.342. The Balaban J connectivity index is 2.10. The third kappa shape index (κ3) is 2.40. The smallest absolute Gasteiger partial charge is 0.144 e. The minimum absolute atomic E-state index is 0.499. The first-order chi connectivity index (χ1) is 7.72. The Hall–Kier alpha value is -1.38. The first-order valence-corrected chi connectivity index (χ1v) is 6.00. The highest BCUT2D eigenvalue weighted by Gasteiger charge is 2.28. The lowest BCUT2D eigenvalue weighted by atomic mass is 10.2. The van der Waals surface area contributed by atoms with Gasteiger partial charge in [-0.2, -0.15) is 0 Å². The van der Waals surface area contributed by atoms with Crippen LogP contribution in [0.5, 0.6) is 5.75 Å². The van der Waals surface area contributed by atoms with E-state index in [0.29, 0.717) is 12.6 Å². The zero-order chi connectivity index (χ0) is 11.5. The number of nitrogen functional groups attached to an aromatic ring is 1. The monoisotopic (exact) mass is 220 g/mol. The summed E-state index contributed by atoms with van der Waals surface area (Å²) in [6.45, 7) is 4.82. The van der Waals surface area contributed by atoms with E-state index in [1.165, 1.54) is 12.8 Å². The second kappa shape index (κ2) is 4.64. The Morgan fingerprint density at radius 1 is 1.50 bits per heavy atom. The van der Waals surface area contributed by atoms with Crippen molar-refractivity contribution in [3.63, 3.8) is 0 Å². The van der Waals surface area contributed by atoms with Gasteiger partial charge in [0.1, 0.15) is 5.75 Å². The molecule has 1 aromatic rings. The molecule has 3 nitrogen and oxygen atoms in total. The van der Waals surface area contributed by atoms with E-state index in [4.69, 9.17) is 10.5 Å². The largest absolute Gasteiger partial charge is 0.492 e. The molecule has 0 aromatic heterocycles. The molecule has 3 N–H and O–H groups in total. The Morgan fingerprint density at radius 3 is 2.88 bits per heavy atom. The van der Waals surface area contributed by atoms with Gasteiger partial charge in [0.15, 0.2) is 0 Å². The lowest BCUT2D eigenvalue weighted by Gasteiger charge is -2.17. The van der Waals surface area contributed by atoms with E-state index in [-0.39, 0.29) is 0 Å². The van der Waals surface area contributed by atoms with Crippen molar-refractivity contribution in [1.29, 1.82) is 0 Å². The fourth-order valence-electron chi connectivity index (χ4n) is 1.91. The van der Waals surface area contributed by atoms with E-state index < -0.39 is 0 Å². The SMILES string of the molecule is CCOc1cccc(NC(C)C2CC2)c1N. The van der Waals surface area contributed by atoms with Gasteiger partial charge in [-0.3, -0.25) is 0 Å². The highest BCUT2D eigenvalue weighted by Crippen LogP contribution is 2.36. The van der Waals surface area contributed by atoms with E-state index in [1.807, 2.05) is 25.1 Å². The second-order valence-corrected chi connectivity index (χ2v) is 4.42. The van der Waals surface area contributed by atoms with Crippen LogP contribution >= 0.6 is 0 Å². The van der Waals surface area contributed by atoms with Gasteiger partial charge in [0.05, 0.1) is 18.0 Å². The Morgan fingerprint density at radius 2 is 2.25 bits per heavy atom. The summed E-state index contributed by atoms with van der Waals surface area (Å²) < 4.78 is 5.47. The molecule has 16 heavy (non-hydrogen) atoms. The molecule has 1 aromatic carbocycles. The van der Waals surface area contributed by atoms with E-state index in [0.717, 1.165) is 23.0 Å². The number of anilines is 2. The van der Waals surface area contributed by atoms with Gasteiger partial charge in [-0.05, 0) is 44.7 Å². The molecule has 0 spiro atoms. The summed E-state index contributed by atoms with van der Waals surface area (Å²) in [4.78, 5) is 0. The fourth-order valence-corrected chi connectivity index (χ4v) is 1.91. The molecule has 1 aliphatic carbocycles. The van der Waals surface area contributed by atoms with Crippen LogP contribution in [0.3, 0.4) is 0 Å². The summed E-state index contributed by atoms with van der Waals surface area (Å²) in [6.07, 6.45) is 2.67. The quantitative estimate of drug-likeness (QED) is 0.750. The van der Waals surface area contributed by atoms with Crippen molar-refractivity contribution >= 4 is 11.4 Å². The third-order valence-corrected chi connectivity index (χ3v) is 3.08. The van der Waals surface area contributed by atoms with Crippen molar-refractivity contribution in [1.82, 2.24) is 0 Å². The summed E-state index contributed by atoms with van der Waals surface area (Å²) in [5.74, 6) is 1.59. The van der Waals surface area contributed by atoms with Gasteiger partial charge in [-0.15, -0.1) is 0 Å². The molecule has 0 saturated heterocycles. The maximum absolute atomic E-state index is 6.05. The number of hydrogen-bond acceptors (Lipinski definition) is 3. The molecule has 3 heteroatoms. The van der Waals surface area contributed by atoms with Gasteiger partial charge in [-0.1, -0.05) is 6.07 Å². The predicted octanol–water partition coefficient (Wildman–Crippen LogP) is 2.88. The fraction of sp³-hybridized carbons (Fsp3) is 0.538. The zero-order valence-electron chi connectivity index (χ0n) is 9.99. The van der Waals surface area contributed by atoms with Crippen molar-refractivity contribution in [2.45, 2.75) is 32.7 Å². The predicted molar refractivity (Wildman–Crippen MR) is 67.8 cm³/mol. The second-order valence-electron chi connectivity index (χ2n) is 4.42. The van der Waals surface area contributed by atoms with Crippen molar-refractivity contribution < 1.29 is 4.74 Å². The molecule has 1 saturated carbocycles. The molecular formula is C13H20N2O. The van der Waals surface area contributed by atoms with E-state index in [2.05, 4.69) is 12.2 Å². The van der Waals surface area contributed by atoms with Crippen molar-refractivity contribution in [3.05, 3.63) is 18.2 Å². The van der Waals surface area contributed by atoms with Crippen LogP contribution in [0, 0.1) is 5.92 Å². The van der Waals surface area contributed by atoms with Crippen LogP contribution in [0.4, 0.5) is 11.4 Å². The van der Waals surface area contributed by atoms with E-state index in [1.54, 1.807) is 0 Å². The summed E-state index contributed by atoms with van der Waals surface area (Å²) in [5.41, 5.74) is 7.76. The molecule has 0 amide bonds. The molecule has 1 atom stereocenters. The van der Waals surface area contributed by atoms with Crippen LogP contribution in [-0.4, -0.2) is 12.6 Å². The average molecular weight is 220 g/mol. The molecular weight excluding hydrogens is 200 g/mol. The van der Waals surface area contributed by atoms with Gasteiger partial charge in [0, 0.05) is 6.04 Å². The normalized spacial score (nSPS) is 16.9. The van der Waals surface area contributed by atoms with E-state index >= 15 is 0 Å². The van der Waals surface area contributed by atoms with Gasteiger partial charge in [0.25, 0.3) is 0 Å². The number of rotatable bonds is 5. The molecule has 1 unspecified atom stereocenters. The molecule has 1 aliphatic rings. The van der Waals surface area contributed by atoms with Gasteiger partial charge in [-0.25, -0.2) is 0 Å². The molecule has 0 bridgehead atoms. The van der Waals surface area contributed by atoms with Crippen LogP contribution in [0.2, 0.25) is 0 Å². The first kappa shape index (κ1) is 11.1. The summed E-state index contributed by atoms with van der Waals surface area (Å²) in [6, 6.07) is 6.39. The molecule has 0 aliphatic heterocycles. The molecule has 2 rings (SSSR count). The van der Waals surface area contributed by atoms with Crippen molar-refractivity contribution in [2.24, 2.45) is 5.92 Å². The number of para-hydroxylation sites is 1. The number of hydrogen-bond donors (Lipinski definition) is 2. The highest BCUT2D eigenvalue weighted by atomic mass is 16.5. The van der Waals surface area contributed by atoms with Gasteiger partial charge >= 0.3 is 0 Å². The van der Waals surface area contributed by atoms with Crippen LogP contribution in [0.15, 0.2) is 18.2 Å². The topological polar surface area (TPSA) is 47.3 Å². The van der Waals surface area contributed by atoms with Crippen LogP contribution in [-0.2, 0) is 0 Å². The van der Waals surface area contributed by atoms with Crippen molar-refractivity contribution in [3.8, 4) is 5.75 Å². The molecule has 0 heterocycles. The average Bonchev–Trinajstić information content (AvgIpc) is 3.07. The Bertz CT molecular complexity index is 361. The summed E-state index contributed by atoms with van der Waals surface area (Å²) in [5, 5.41) is 3.47. The zero-order valence-corrected chi connectivity index (χ0v) is 9.99. The summed E-state index contributed by atoms with van der Waals surface area (Å²) >= 11 is 0. The highest BCUT2D eigenvalue weighted by molar-refractivity contribution is 5.73. The first-order valence-electron chi connectivity index (χ1n) is 6.00. The van der Waals surface area contributed by atoms with E-state index in [9.17, 15) is 0 Å². The van der Waals surface area contributed by atoms with Gasteiger partial charge in [0.2, 0.25) is 0 Å². The van der Waals surface area contributed by atoms with Gasteiger partial charge < -0.3 is 15.8 Å². The number of ether oxygens (including phenoxy) is 1. The summed E-state index contributed by atoms with van der Waals surface area (Å²) in [7, 11) is 0. The Labute approximate surface area is 97.0 Å².